The van der Waals surface area contributed by atoms with E-state index in [0.717, 1.165) is 27.4 Å². The van der Waals surface area contributed by atoms with Gasteiger partial charge in [0.15, 0.2) is 0 Å². The third-order valence-electron chi connectivity index (χ3n) is 3.71. The maximum absolute atomic E-state index is 4.56. The highest BCUT2D eigenvalue weighted by Crippen LogP contribution is 2.22. The van der Waals surface area contributed by atoms with Gasteiger partial charge in [0.1, 0.15) is 5.82 Å². The van der Waals surface area contributed by atoms with Gasteiger partial charge in [-0.2, -0.15) is 4.98 Å². The summed E-state index contributed by atoms with van der Waals surface area (Å²) in [5.74, 6) is 1.34. The van der Waals surface area contributed by atoms with Crippen LogP contribution in [-0.2, 0) is 0 Å². The first-order valence-electron chi connectivity index (χ1n) is 7.72. The molecule has 0 atom stereocenters. The summed E-state index contributed by atoms with van der Waals surface area (Å²) < 4.78 is 1.01. The second-order valence-corrected chi connectivity index (χ2v) is 6.69. The van der Waals surface area contributed by atoms with E-state index in [9.17, 15) is 0 Å². The Balaban J connectivity index is 1.84. The number of hydrogen-bond acceptors (Lipinski definition) is 4. The second-order valence-electron chi connectivity index (χ2n) is 5.78. The SMILES string of the molecule is Cc1cc(Nc2ccc(C)c(C)c2)nc(Nc2cccc(Br)c2)n1. The summed E-state index contributed by atoms with van der Waals surface area (Å²) in [6.45, 7) is 6.17. The van der Waals surface area contributed by atoms with Crippen molar-refractivity contribution in [1.29, 1.82) is 0 Å². The third-order valence-corrected chi connectivity index (χ3v) is 4.21. The summed E-state index contributed by atoms with van der Waals surface area (Å²) in [7, 11) is 0. The Kier molecular flexibility index (Phi) is 4.81. The molecule has 3 rings (SSSR count). The molecular weight excluding hydrogens is 364 g/mol. The minimum absolute atomic E-state index is 0.569. The molecule has 122 valence electrons. The Morgan fingerprint density at radius 3 is 2.33 bits per heavy atom. The van der Waals surface area contributed by atoms with Crippen molar-refractivity contribution < 1.29 is 0 Å². The van der Waals surface area contributed by atoms with Crippen LogP contribution < -0.4 is 10.6 Å². The number of anilines is 4. The van der Waals surface area contributed by atoms with Crippen LogP contribution in [0.4, 0.5) is 23.1 Å². The lowest BCUT2D eigenvalue weighted by Gasteiger charge is -2.11. The molecule has 2 N–H and O–H groups in total. The van der Waals surface area contributed by atoms with Gasteiger partial charge < -0.3 is 10.6 Å². The Bertz CT molecular complexity index is 877. The Hall–Kier alpha value is -2.40. The summed E-state index contributed by atoms with van der Waals surface area (Å²) in [5.41, 5.74) is 5.38. The van der Waals surface area contributed by atoms with Gasteiger partial charge in [0, 0.05) is 27.6 Å². The first-order chi connectivity index (χ1) is 11.5. The van der Waals surface area contributed by atoms with E-state index in [4.69, 9.17) is 0 Å². The number of halogens is 1. The highest BCUT2D eigenvalue weighted by Gasteiger charge is 2.05. The van der Waals surface area contributed by atoms with Crippen LogP contribution in [-0.4, -0.2) is 9.97 Å². The highest BCUT2D eigenvalue weighted by molar-refractivity contribution is 9.10. The maximum Gasteiger partial charge on any atom is 0.229 e. The van der Waals surface area contributed by atoms with Gasteiger partial charge in [-0.1, -0.05) is 28.1 Å². The van der Waals surface area contributed by atoms with Gasteiger partial charge in [-0.15, -0.1) is 0 Å². The minimum Gasteiger partial charge on any atom is -0.340 e. The fraction of sp³-hybridized carbons (Fsp3) is 0.158. The molecule has 1 aromatic heterocycles. The fourth-order valence-corrected chi connectivity index (χ4v) is 2.75. The molecule has 2 aromatic carbocycles. The van der Waals surface area contributed by atoms with E-state index in [1.807, 2.05) is 37.3 Å². The molecule has 1 heterocycles. The molecule has 5 heteroatoms. The first-order valence-corrected chi connectivity index (χ1v) is 8.51. The largest absolute Gasteiger partial charge is 0.340 e. The molecule has 0 aliphatic rings. The van der Waals surface area contributed by atoms with Gasteiger partial charge in [0.2, 0.25) is 5.95 Å². The summed E-state index contributed by atoms with van der Waals surface area (Å²) in [6, 6.07) is 16.1. The van der Waals surface area contributed by atoms with Gasteiger partial charge in [-0.25, -0.2) is 4.98 Å². The van der Waals surface area contributed by atoms with Gasteiger partial charge in [-0.05, 0) is 62.2 Å². The summed E-state index contributed by atoms with van der Waals surface area (Å²) in [6.07, 6.45) is 0. The molecule has 0 aliphatic carbocycles. The number of rotatable bonds is 4. The second kappa shape index (κ2) is 7.01. The van der Waals surface area contributed by atoms with Gasteiger partial charge in [0.25, 0.3) is 0 Å². The van der Waals surface area contributed by atoms with Crippen LogP contribution in [0.1, 0.15) is 16.8 Å². The Labute approximate surface area is 150 Å². The van der Waals surface area contributed by atoms with Crippen molar-refractivity contribution in [3.05, 3.63) is 69.8 Å². The molecule has 0 amide bonds. The zero-order chi connectivity index (χ0) is 17.1. The van der Waals surface area contributed by atoms with Crippen LogP contribution in [0.3, 0.4) is 0 Å². The van der Waals surface area contributed by atoms with Gasteiger partial charge >= 0.3 is 0 Å². The van der Waals surface area contributed by atoms with Crippen molar-refractivity contribution in [3.63, 3.8) is 0 Å². The van der Waals surface area contributed by atoms with Crippen molar-refractivity contribution in [2.45, 2.75) is 20.8 Å². The maximum atomic E-state index is 4.56. The molecule has 0 aliphatic heterocycles. The van der Waals surface area contributed by atoms with Crippen LogP contribution in [0, 0.1) is 20.8 Å². The van der Waals surface area contributed by atoms with E-state index in [2.05, 4.69) is 68.6 Å². The average Bonchev–Trinajstić information content (AvgIpc) is 2.50. The third kappa shape index (κ3) is 4.11. The van der Waals surface area contributed by atoms with Crippen LogP contribution in [0.2, 0.25) is 0 Å². The number of benzene rings is 2. The molecule has 0 saturated heterocycles. The van der Waals surface area contributed by atoms with Crippen LogP contribution in [0.5, 0.6) is 0 Å². The Morgan fingerprint density at radius 2 is 1.58 bits per heavy atom. The molecule has 24 heavy (non-hydrogen) atoms. The topological polar surface area (TPSA) is 49.8 Å². The minimum atomic E-state index is 0.569. The van der Waals surface area contributed by atoms with Crippen LogP contribution in [0.25, 0.3) is 0 Å². The monoisotopic (exact) mass is 382 g/mol. The molecule has 0 unspecified atom stereocenters. The van der Waals surface area contributed by atoms with Crippen molar-refractivity contribution in [2.75, 3.05) is 10.6 Å². The number of nitrogens with zero attached hydrogens (tertiary/aromatic N) is 2. The zero-order valence-electron chi connectivity index (χ0n) is 13.9. The first kappa shape index (κ1) is 16.5. The number of aryl methyl sites for hydroxylation is 3. The molecule has 0 spiro atoms. The van der Waals surface area contributed by atoms with E-state index in [-0.39, 0.29) is 0 Å². The number of aromatic nitrogens is 2. The van der Waals surface area contributed by atoms with E-state index in [1.54, 1.807) is 0 Å². The molecule has 0 fully saturated rings. The smallest absolute Gasteiger partial charge is 0.229 e. The fourth-order valence-electron chi connectivity index (χ4n) is 2.35. The number of nitrogens with one attached hydrogen (secondary N) is 2. The molecule has 0 bridgehead atoms. The predicted molar refractivity (Wildman–Crippen MR) is 103 cm³/mol. The normalized spacial score (nSPS) is 10.5. The highest BCUT2D eigenvalue weighted by atomic mass is 79.9. The molecule has 4 nitrogen and oxygen atoms in total. The average molecular weight is 383 g/mol. The molecule has 0 saturated carbocycles. The lowest BCUT2D eigenvalue weighted by atomic mass is 10.1. The van der Waals surface area contributed by atoms with Crippen LogP contribution >= 0.6 is 15.9 Å². The van der Waals surface area contributed by atoms with E-state index >= 15 is 0 Å². The van der Waals surface area contributed by atoms with Crippen molar-refractivity contribution in [1.82, 2.24) is 9.97 Å². The van der Waals surface area contributed by atoms with Gasteiger partial charge in [-0.3, -0.25) is 0 Å². The van der Waals surface area contributed by atoms with Crippen molar-refractivity contribution in [2.24, 2.45) is 0 Å². The molecular formula is C19H19BrN4. The lowest BCUT2D eigenvalue weighted by Crippen LogP contribution is -2.02. The van der Waals surface area contributed by atoms with Crippen molar-refractivity contribution >= 4 is 39.1 Å². The van der Waals surface area contributed by atoms with E-state index in [1.165, 1.54) is 11.1 Å². The quantitative estimate of drug-likeness (QED) is 0.611. The lowest BCUT2D eigenvalue weighted by molar-refractivity contribution is 1.11. The summed E-state index contributed by atoms with van der Waals surface area (Å²) in [5, 5.41) is 6.59. The standard InChI is InChI=1S/C19H19BrN4/c1-12-7-8-17(9-13(12)2)22-18-10-14(3)21-19(24-18)23-16-6-4-5-15(20)11-16/h4-11H,1-3H3,(H2,21,22,23,24). The van der Waals surface area contributed by atoms with Crippen LogP contribution in [0.15, 0.2) is 53.0 Å². The zero-order valence-corrected chi connectivity index (χ0v) is 15.5. The predicted octanol–water partition coefficient (Wildman–Crippen LogP) is 5.65. The number of hydrogen-bond donors (Lipinski definition) is 2. The van der Waals surface area contributed by atoms with Gasteiger partial charge in [0.05, 0.1) is 0 Å². The summed E-state index contributed by atoms with van der Waals surface area (Å²) >= 11 is 3.47. The molecule has 3 aromatic rings. The molecule has 0 radical (unpaired) electrons. The van der Waals surface area contributed by atoms with Crippen molar-refractivity contribution in [3.8, 4) is 0 Å². The van der Waals surface area contributed by atoms with E-state index < -0.39 is 0 Å². The summed E-state index contributed by atoms with van der Waals surface area (Å²) in [4.78, 5) is 9.01. The van der Waals surface area contributed by atoms with E-state index in [0.29, 0.717) is 5.95 Å². The Morgan fingerprint density at radius 1 is 0.792 bits per heavy atom.